The lowest BCUT2D eigenvalue weighted by molar-refractivity contribution is 0.0706. The number of likely N-dealkylation sites (tertiary alicyclic amines) is 1. The number of rotatable bonds is 5. The third-order valence-corrected chi connectivity index (χ3v) is 5.06. The van der Waals surface area contributed by atoms with Crippen molar-refractivity contribution in [3.8, 4) is 0 Å². The van der Waals surface area contributed by atoms with Crippen LogP contribution < -0.4 is 5.32 Å². The largest absolute Gasteiger partial charge is 0.394 e. The molecule has 0 atom stereocenters. The highest BCUT2D eigenvalue weighted by molar-refractivity contribution is 7.13. The van der Waals surface area contributed by atoms with Gasteiger partial charge in [-0.2, -0.15) is 5.10 Å². The standard InChI is InChI=1S/C15H21N5O2S/c1-16-15-18-12(10-23-15)14(22)19-6-3-11(4-7-19)13-2-5-17-20(13)8-9-21/h2,5,10-11,21H,3-4,6-9H2,1H3,(H,16,18). The molecule has 1 aliphatic rings. The minimum atomic E-state index is 0.00469. The molecular formula is C15H21N5O2S. The first-order valence-corrected chi connectivity index (χ1v) is 8.66. The van der Waals surface area contributed by atoms with Crippen molar-refractivity contribution >= 4 is 22.4 Å². The highest BCUT2D eigenvalue weighted by Crippen LogP contribution is 2.28. The lowest BCUT2D eigenvalue weighted by Crippen LogP contribution is -2.38. The molecule has 2 aromatic heterocycles. The molecule has 1 amide bonds. The summed E-state index contributed by atoms with van der Waals surface area (Å²) in [5.41, 5.74) is 1.67. The van der Waals surface area contributed by atoms with E-state index in [0.29, 0.717) is 18.2 Å². The number of hydrogen-bond acceptors (Lipinski definition) is 6. The molecule has 3 heterocycles. The van der Waals surface area contributed by atoms with Crippen LogP contribution >= 0.6 is 11.3 Å². The van der Waals surface area contributed by atoms with E-state index in [4.69, 9.17) is 5.11 Å². The Morgan fingerprint density at radius 1 is 1.48 bits per heavy atom. The molecule has 23 heavy (non-hydrogen) atoms. The highest BCUT2D eigenvalue weighted by Gasteiger charge is 2.27. The Morgan fingerprint density at radius 2 is 2.26 bits per heavy atom. The first-order chi connectivity index (χ1) is 11.2. The molecule has 2 aromatic rings. The van der Waals surface area contributed by atoms with E-state index < -0.39 is 0 Å². The van der Waals surface area contributed by atoms with Gasteiger partial charge in [-0.05, 0) is 18.9 Å². The van der Waals surface area contributed by atoms with E-state index >= 15 is 0 Å². The molecule has 2 N–H and O–H groups in total. The van der Waals surface area contributed by atoms with Crippen LogP contribution in [0.5, 0.6) is 0 Å². The number of thiazole rings is 1. The third kappa shape index (κ3) is 3.37. The molecule has 1 saturated heterocycles. The molecule has 0 radical (unpaired) electrons. The average Bonchev–Trinajstić information content (AvgIpc) is 3.24. The summed E-state index contributed by atoms with van der Waals surface area (Å²) in [5.74, 6) is 0.390. The number of amides is 1. The predicted molar refractivity (Wildman–Crippen MR) is 88.9 cm³/mol. The lowest BCUT2D eigenvalue weighted by atomic mass is 9.93. The number of aliphatic hydroxyl groups is 1. The molecule has 3 rings (SSSR count). The molecule has 0 bridgehead atoms. The summed E-state index contributed by atoms with van der Waals surface area (Å²) in [6.07, 6.45) is 3.59. The Balaban J connectivity index is 1.61. The topological polar surface area (TPSA) is 83.3 Å². The van der Waals surface area contributed by atoms with Gasteiger partial charge in [0.25, 0.3) is 5.91 Å². The van der Waals surface area contributed by atoms with Crippen molar-refractivity contribution in [1.29, 1.82) is 0 Å². The predicted octanol–water partition coefficient (Wildman–Crippen LogP) is 1.39. The molecule has 0 saturated carbocycles. The van der Waals surface area contributed by atoms with Crippen LogP contribution in [0.3, 0.4) is 0 Å². The van der Waals surface area contributed by atoms with Gasteiger partial charge in [-0.15, -0.1) is 11.3 Å². The Labute approximate surface area is 138 Å². The minimum Gasteiger partial charge on any atom is -0.394 e. The molecule has 1 fully saturated rings. The van der Waals surface area contributed by atoms with Crippen LogP contribution in [0.2, 0.25) is 0 Å². The minimum absolute atomic E-state index is 0.00469. The second-order valence-electron chi connectivity index (χ2n) is 5.56. The maximum absolute atomic E-state index is 12.5. The number of nitrogens with one attached hydrogen (secondary N) is 1. The van der Waals surface area contributed by atoms with Gasteiger partial charge < -0.3 is 15.3 Å². The molecule has 0 aliphatic carbocycles. The van der Waals surface area contributed by atoms with Crippen molar-refractivity contribution in [2.45, 2.75) is 25.3 Å². The van der Waals surface area contributed by atoms with Gasteiger partial charge in [0.05, 0.1) is 13.2 Å². The van der Waals surface area contributed by atoms with Crippen LogP contribution in [0.4, 0.5) is 5.13 Å². The smallest absolute Gasteiger partial charge is 0.273 e. The van der Waals surface area contributed by atoms with E-state index in [1.54, 1.807) is 18.6 Å². The van der Waals surface area contributed by atoms with Crippen LogP contribution in [-0.2, 0) is 6.54 Å². The fourth-order valence-electron chi connectivity index (χ4n) is 3.00. The number of carbonyl (C=O) groups is 1. The maximum Gasteiger partial charge on any atom is 0.273 e. The molecule has 7 nitrogen and oxygen atoms in total. The van der Waals surface area contributed by atoms with Crippen LogP contribution in [-0.4, -0.2) is 57.4 Å². The average molecular weight is 335 g/mol. The second-order valence-corrected chi connectivity index (χ2v) is 6.42. The summed E-state index contributed by atoms with van der Waals surface area (Å²) < 4.78 is 1.86. The SMILES string of the molecule is CNc1nc(C(=O)N2CCC(c3ccnn3CCO)CC2)cs1. The Kier molecular flexibility index (Phi) is 4.92. The van der Waals surface area contributed by atoms with Crippen LogP contribution in [0.15, 0.2) is 17.6 Å². The second kappa shape index (κ2) is 7.10. The Bertz CT molecular complexity index is 660. The zero-order valence-corrected chi connectivity index (χ0v) is 13.9. The Morgan fingerprint density at radius 3 is 2.91 bits per heavy atom. The summed E-state index contributed by atoms with van der Waals surface area (Å²) in [5, 5.41) is 18.9. The number of piperidine rings is 1. The summed E-state index contributed by atoms with van der Waals surface area (Å²) in [7, 11) is 1.80. The fraction of sp³-hybridized carbons (Fsp3) is 0.533. The third-order valence-electron chi connectivity index (χ3n) is 4.20. The molecule has 8 heteroatoms. The first-order valence-electron chi connectivity index (χ1n) is 7.78. The van der Waals surface area contributed by atoms with Crippen molar-refractivity contribution in [2.75, 3.05) is 32.1 Å². The highest BCUT2D eigenvalue weighted by atomic mass is 32.1. The van der Waals surface area contributed by atoms with Gasteiger partial charge in [-0.25, -0.2) is 4.98 Å². The van der Waals surface area contributed by atoms with Crippen LogP contribution in [0.25, 0.3) is 0 Å². The van der Waals surface area contributed by atoms with Gasteiger partial charge in [0.2, 0.25) is 0 Å². The number of aliphatic hydroxyl groups excluding tert-OH is 1. The number of aromatic nitrogens is 3. The van der Waals surface area contributed by atoms with Crippen molar-refractivity contribution in [2.24, 2.45) is 0 Å². The molecule has 0 spiro atoms. The lowest BCUT2D eigenvalue weighted by Gasteiger charge is -2.31. The van der Waals surface area contributed by atoms with Gasteiger partial charge in [0.15, 0.2) is 5.13 Å². The molecule has 0 unspecified atom stereocenters. The summed E-state index contributed by atoms with van der Waals surface area (Å²) in [6, 6.07) is 2.01. The number of hydrogen-bond donors (Lipinski definition) is 2. The van der Waals surface area contributed by atoms with Crippen molar-refractivity contribution in [3.63, 3.8) is 0 Å². The van der Waals surface area contributed by atoms with Crippen LogP contribution in [0, 0.1) is 0 Å². The number of carbonyl (C=O) groups excluding carboxylic acids is 1. The van der Waals surface area contributed by atoms with Gasteiger partial charge in [-0.3, -0.25) is 9.48 Å². The monoisotopic (exact) mass is 335 g/mol. The summed E-state index contributed by atoms with van der Waals surface area (Å²) in [6.45, 7) is 2.05. The van der Waals surface area contributed by atoms with Gasteiger partial charge in [0, 0.05) is 43.3 Å². The van der Waals surface area contributed by atoms with Gasteiger partial charge in [0.1, 0.15) is 5.69 Å². The molecular weight excluding hydrogens is 314 g/mol. The molecule has 1 aliphatic heterocycles. The van der Waals surface area contributed by atoms with Crippen LogP contribution in [0.1, 0.15) is 34.9 Å². The zero-order chi connectivity index (χ0) is 16.2. The van der Waals surface area contributed by atoms with Gasteiger partial charge >= 0.3 is 0 Å². The van der Waals surface area contributed by atoms with Crippen molar-refractivity contribution < 1.29 is 9.90 Å². The van der Waals surface area contributed by atoms with Gasteiger partial charge in [-0.1, -0.05) is 0 Å². The van der Waals surface area contributed by atoms with E-state index in [9.17, 15) is 4.79 Å². The van der Waals surface area contributed by atoms with E-state index in [1.165, 1.54) is 11.3 Å². The Hall–Kier alpha value is -1.93. The summed E-state index contributed by atoms with van der Waals surface area (Å²) in [4.78, 5) is 18.6. The van der Waals surface area contributed by atoms with E-state index in [-0.39, 0.29) is 12.5 Å². The normalized spacial score (nSPS) is 15.8. The van der Waals surface area contributed by atoms with E-state index in [2.05, 4.69) is 15.4 Å². The maximum atomic E-state index is 12.5. The van der Waals surface area contributed by atoms with Crippen molar-refractivity contribution in [3.05, 3.63) is 29.0 Å². The van der Waals surface area contributed by atoms with Crippen molar-refractivity contribution in [1.82, 2.24) is 19.7 Å². The fourth-order valence-corrected chi connectivity index (χ4v) is 3.64. The summed E-state index contributed by atoms with van der Waals surface area (Å²) >= 11 is 1.44. The van der Waals surface area contributed by atoms with E-state index in [1.807, 2.05) is 15.6 Å². The number of anilines is 1. The molecule has 124 valence electrons. The zero-order valence-electron chi connectivity index (χ0n) is 13.1. The quantitative estimate of drug-likeness (QED) is 0.863. The first kappa shape index (κ1) is 15.9. The molecule has 0 aromatic carbocycles. The van der Waals surface area contributed by atoms with E-state index in [0.717, 1.165) is 36.8 Å². The number of nitrogens with zero attached hydrogens (tertiary/aromatic N) is 4.